The van der Waals surface area contributed by atoms with E-state index in [1.165, 1.54) is 23.1 Å². The Kier molecular flexibility index (Phi) is 6.16. The summed E-state index contributed by atoms with van der Waals surface area (Å²) in [6.07, 6.45) is 4.86. The molecule has 4 rings (SSSR count). The third-order valence-corrected chi connectivity index (χ3v) is 5.60. The van der Waals surface area contributed by atoms with E-state index in [0.717, 1.165) is 26.1 Å². The zero-order chi connectivity index (χ0) is 21.8. The molecular weight excluding hydrogens is 418 g/mol. The number of hydrogen-bond donors (Lipinski definition) is 2. The van der Waals surface area contributed by atoms with E-state index in [1.807, 2.05) is 6.07 Å². The van der Waals surface area contributed by atoms with Crippen LogP contribution in [-0.4, -0.2) is 40.4 Å². The molecule has 1 aromatic carbocycles. The zero-order valence-corrected chi connectivity index (χ0v) is 17.4. The number of nitriles is 1. The van der Waals surface area contributed by atoms with E-state index < -0.39 is 0 Å². The monoisotopic (exact) mass is 437 g/mol. The smallest absolute Gasteiger partial charge is 0.280 e. The number of ether oxygens (including phenoxy) is 1. The number of pyridine rings is 1. The first kappa shape index (κ1) is 20.8. The van der Waals surface area contributed by atoms with Crippen LogP contribution in [0.5, 0.6) is 0 Å². The van der Waals surface area contributed by atoms with Gasteiger partial charge in [-0.25, -0.2) is 9.67 Å². The molecule has 2 N–H and O–H groups in total. The Morgan fingerprint density at radius 3 is 2.77 bits per heavy atom. The van der Waals surface area contributed by atoms with Gasteiger partial charge in [0, 0.05) is 42.7 Å². The Balaban J connectivity index is 1.49. The average Bonchev–Trinajstić information content (AvgIpc) is 3.19. The molecule has 0 saturated carbocycles. The SMILES string of the molecule is N#Cc1ccc(-c2c[nH]n(-c3ccc(C(=O)NCC4CCOCC4)cn3)c2=O)c(Cl)c1. The average molecular weight is 438 g/mol. The van der Waals surface area contributed by atoms with Crippen molar-refractivity contribution >= 4 is 17.5 Å². The summed E-state index contributed by atoms with van der Waals surface area (Å²) < 4.78 is 6.60. The molecule has 8 nitrogen and oxygen atoms in total. The Bertz CT molecular complexity index is 1190. The van der Waals surface area contributed by atoms with Crippen LogP contribution < -0.4 is 10.9 Å². The van der Waals surface area contributed by atoms with Crippen molar-refractivity contribution in [2.75, 3.05) is 19.8 Å². The largest absolute Gasteiger partial charge is 0.381 e. The first-order valence-corrected chi connectivity index (χ1v) is 10.3. The molecule has 31 heavy (non-hydrogen) atoms. The maximum Gasteiger partial charge on any atom is 0.280 e. The van der Waals surface area contributed by atoms with Gasteiger partial charge < -0.3 is 10.1 Å². The van der Waals surface area contributed by atoms with E-state index in [1.54, 1.807) is 24.3 Å². The van der Waals surface area contributed by atoms with Crippen LogP contribution in [0.4, 0.5) is 0 Å². The molecule has 0 unspecified atom stereocenters. The molecule has 0 bridgehead atoms. The summed E-state index contributed by atoms with van der Waals surface area (Å²) in [5, 5.41) is 15.1. The maximum atomic E-state index is 12.9. The first-order valence-electron chi connectivity index (χ1n) is 9.89. The molecule has 158 valence electrons. The van der Waals surface area contributed by atoms with Crippen LogP contribution in [0, 0.1) is 17.2 Å². The number of benzene rings is 1. The Labute approximate surface area is 183 Å². The number of carbonyl (C=O) groups excluding carboxylic acids is 1. The van der Waals surface area contributed by atoms with Crippen molar-refractivity contribution in [3.63, 3.8) is 0 Å². The highest BCUT2D eigenvalue weighted by Gasteiger charge is 2.17. The fourth-order valence-electron chi connectivity index (χ4n) is 3.48. The molecule has 1 saturated heterocycles. The van der Waals surface area contributed by atoms with Gasteiger partial charge in [-0.1, -0.05) is 17.7 Å². The van der Waals surface area contributed by atoms with Crippen molar-refractivity contribution in [1.82, 2.24) is 20.1 Å². The van der Waals surface area contributed by atoms with Gasteiger partial charge in [-0.05, 0) is 43.0 Å². The van der Waals surface area contributed by atoms with Gasteiger partial charge >= 0.3 is 0 Å². The van der Waals surface area contributed by atoms with E-state index in [-0.39, 0.29) is 11.5 Å². The van der Waals surface area contributed by atoms with Crippen LogP contribution >= 0.6 is 11.6 Å². The number of carbonyl (C=O) groups is 1. The fraction of sp³-hybridized carbons (Fsp3) is 0.273. The van der Waals surface area contributed by atoms with Crippen molar-refractivity contribution in [3.8, 4) is 23.0 Å². The van der Waals surface area contributed by atoms with Gasteiger partial charge in [0.1, 0.15) is 0 Å². The Morgan fingerprint density at radius 1 is 1.29 bits per heavy atom. The molecule has 9 heteroatoms. The standard InChI is InChI=1S/C22H20ClN5O3/c23-19-9-15(10-24)1-3-17(19)18-13-27-28(22(18)30)20-4-2-16(12-25-20)21(29)26-11-14-5-7-31-8-6-14/h1-4,9,12-14,27H,5-8,11H2,(H,26,29). The summed E-state index contributed by atoms with van der Waals surface area (Å²) in [6.45, 7) is 2.07. The number of halogens is 1. The second-order valence-corrected chi connectivity index (χ2v) is 7.71. The molecule has 3 heterocycles. The lowest BCUT2D eigenvalue weighted by Gasteiger charge is -2.22. The van der Waals surface area contributed by atoms with Gasteiger partial charge in [-0.2, -0.15) is 5.26 Å². The van der Waals surface area contributed by atoms with Crippen molar-refractivity contribution < 1.29 is 9.53 Å². The Morgan fingerprint density at radius 2 is 2.10 bits per heavy atom. The number of aromatic nitrogens is 3. The summed E-state index contributed by atoms with van der Waals surface area (Å²) in [5.41, 5.74) is 1.37. The van der Waals surface area contributed by atoms with Crippen molar-refractivity contribution in [2.45, 2.75) is 12.8 Å². The van der Waals surface area contributed by atoms with E-state index in [0.29, 0.717) is 45.6 Å². The highest BCUT2D eigenvalue weighted by molar-refractivity contribution is 6.33. The third-order valence-electron chi connectivity index (χ3n) is 5.29. The molecule has 0 aliphatic carbocycles. The van der Waals surface area contributed by atoms with Crippen LogP contribution in [0.2, 0.25) is 5.02 Å². The molecule has 0 radical (unpaired) electrons. The molecule has 1 fully saturated rings. The summed E-state index contributed by atoms with van der Waals surface area (Å²) >= 11 is 6.23. The van der Waals surface area contributed by atoms with Gasteiger partial charge in [0.2, 0.25) is 0 Å². The lowest BCUT2D eigenvalue weighted by Crippen LogP contribution is -2.32. The highest BCUT2D eigenvalue weighted by Crippen LogP contribution is 2.26. The summed E-state index contributed by atoms with van der Waals surface area (Å²) in [6, 6.07) is 9.99. The minimum Gasteiger partial charge on any atom is -0.381 e. The van der Waals surface area contributed by atoms with Crippen LogP contribution in [0.1, 0.15) is 28.8 Å². The molecular formula is C22H20ClN5O3. The lowest BCUT2D eigenvalue weighted by atomic mass is 10.0. The van der Waals surface area contributed by atoms with Crippen molar-refractivity contribution in [3.05, 3.63) is 69.2 Å². The van der Waals surface area contributed by atoms with Crippen molar-refractivity contribution in [2.24, 2.45) is 5.92 Å². The number of aromatic amines is 1. The molecule has 1 aliphatic heterocycles. The van der Waals surface area contributed by atoms with Crippen LogP contribution in [-0.2, 0) is 4.74 Å². The summed E-state index contributed by atoms with van der Waals surface area (Å²) in [4.78, 5) is 29.5. The summed E-state index contributed by atoms with van der Waals surface area (Å²) in [5.74, 6) is 0.575. The van der Waals surface area contributed by atoms with Crippen LogP contribution in [0.15, 0.2) is 47.5 Å². The van der Waals surface area contributed by atoms with E-state index in [2.05, 4.69) is 15.4 Å². The Hall–Kier alpha value is -3.41. The molecule has 1 aliphatic rings. The number of rotatable bonds is 5. The fourth-order valence-corrected chi connectivity index (χ4v) is 3.76. The predicted molar refractivity (Wildman–Crippen MR) is 115 cm³/mol. The molecule has 3 aromatic rings. The van der Waals surface area contributed by atoms with E-state index in [9.17, 15) is 9.59 Å². The van der Waals surface area contributed by atoms with Gasteiger partial charge in [0.25, 0.3) is 11.5 Å². The molecule has 2 aromatic heterocycles. The van der Waals surface area contributed by atoms with Gasteiger partial charge in [0.05, 0.1) is 22.8 Å². The van der Waals surface area contributed by atoms with Crippen LogP contribution in [0.25, 0.3) is 16.9 Å². The number of nitrogens with one attached hydrogen (secondary N) is 2. The van der Waals surface area contributed by atoms with Gasteiger partial charge in [0.15, 0.2) is 5.82 Å². The number of hydrogen-bond acceptors (Lipinski definition) is 5. The zero-order valence-electron chi connectivity index (χ0n) is 16.6. The topological polar surface area (TPSA) is 113 Å². The van der Waals surface area contributed by atoms with Gasteiger partial charge in [-0.15, -0.1) is 0 Å². The predicted octanol–water partition coefficient (Wildman–Crippen LogP) is 2.91. The van der Waals surface area contributed by atoms with E-state index in [4.69, 9.17) is 21.6 Å². The highest BCUT2D eigenvalue weighted by atomic mass is 35.5. The first-order chi connectivity index (χ1) is 15.1. The number of amides is 1. The number of nitrogens with zero attached hydrogens (tertiary/aromatic N) is 3. The molecule has 0 spiro atoms. The normalized spacial score (nSPS) is 14.2. The second kappa shape index (κ2) is 9.16. The van der Waals surface area contributed by atoms with Gasteiger partial charge in [-0.3, -0.25) is 14.7 Å². The minimum absolute atomic E-state index is 0.200. The second-order valence-electron chi connectivity index (χ2n) is 7.30. The van der Waals surface area contributed by atoms with E-state index >= 15 is 0 Å². The summed E-state index contributed by atoms with van der Waals surface area (Å²) in [7, 11) is 0. The molecule has 0 atom stereocenters. The third kappa shape index (κ3) is 4.53. The maximum absolute atomic E-state index is 12.9. The lowest BCUT2D eigenvalue weighted by molar-refractivity contribution is 0.0642. The minimum atomic E-state index is -0.337. The quantitative estimate of drug-likeness (QED) is 0.637. The molecule has 1 amide bonds. The van der Waals surface area contributed by atoms with Crippen molar-refractivity contribution in [1.29, 1.82) is 5.26 Å². The van der Waals surface area contributed by atoms with Crippen LogP contribution in [0.3, 0.4) is 0 Å². The number of H-pyrrole nitrogens is 1.